The molecule has 0 saturated carbocycles. The highest BCUT2D eigenvalue weighted by Crippen LogP contribution is 2.22. The molecule has 2 aromatic carbocycles. The summed E-state index contributed by atoms with van der Waals surface area (Å²) in [5.41, 5.74) is 1.78. The number of Topliss-reactive ketones (excluding diaryl/α,β-unsaturated/α-hetero) is 1. The van der Waals surface area contributed by atoms with Crippen molar-refractivity contribution in [3.05, 3.63) is 92.5 Å². The van der Waals surface area contributed by atoms with Gasteiger partial charge in [0.2, 0.25) is 0 Å². The number of aromatic amines is 1. The van der Waals surface area contributed by atoms with Crippen molar-refractivity contribution in [2.45, 2.75) is 32.7 Å². The molecule has 0 aliphatic carbocycles. The molecule has 1 aliphatic heterocycles. The second-order valence-corrected chi connectivity index (χ2v) is 8.59. The summed E-state index contributed by atoms with van der Waals surface area (Å²) < 4.78 is 14.4. The standard InChI is InChI=1S/C26H28FN3O3/c1-18-23(19-6-3-2-4-7-19)25(32)30(26(33)28-18)15-5-14-29-16-12-21(13-17-29)24(31)20-8-10-22(27)11-9-20/h2-4,6-11,21H,5,12-17H2,1H3,(H,28,33). The minimum atomic E-state index is -0.388. The van der Waals surface area contributed by atoms with E-state index in [2.05, 4.69) is 9.88 Å². The molecule has 1 saturated heterocycles. The molecule has 0 amide bonds. The number of nitrogens with one attached hydrogen (secondary N) is 1. The van der Waals surface area contributed by atoms with Gasteiger partial charge in [-0.3, -0.25) is 14.2 Å². The van der Waals surface area contributed by atoms with Crippen molar-refractivity contribution in [3.63, 3.8) is 0 Å². The Labute approximate surface area is 191 Å². The number of hydrogen-bond acceptors (Lipinski definition) is 4. The Hall–Kier alpha value is -3.32. The first-order chi connectivity index (χ1) is 15.9. The van der Waals surface area contributed by atoms with Gasteiger partial charge < -0.3 is 9.88 Å². The van der Waals surface area contributed by atoms with Crippen molar-refractivity contribution in [3.8, 4) is 11.1 Å². The quantitative estimate of drug-likeness (QED) is 0.559. The number of ketones is 1. The van der Waals surface area contributed by atoms with Crippen LogP contribution in [0.3, 0.4) is 0 Å². The Bertz CT molecular complexity index is 1220. The smallest absolute Gasteiger partial charge is 0.311 e. The van der Waals surface area contributed by atoms with Gasteiger partial charge in [-0.15, -0.1) is 0 Å². The molecule has 0 radical (unpaired) electrons. The fourth-order valence-corrected chi connectivity index (χ4v) is 4.55. The lowest BCUT2D eigenvalue weighted by molar-refractivity contribution is 0.0838. The summed E-state index contributed by atoms with van der Waals surface area (Å²) >= 11 is 0. The second-order valence-electron chi connectivity index (χ2n) is 8.59. The predicted molar refractivity (Wildman–Crippen MR) is 126 cm³/mol. The van der Waals surface area contributed by atoms with Gasteiger partial charge in [-0.05, 0) is 75.6 Å². The van der Waals surface area contributed by atoms with Crippen molar-refractivity contribution in [2.75, 3.05) is 19.6 Å². The van der Waals surface area contributed by atoms with Crippen molar-refractivity contribution in [2.24, 2.45) is 5.92 Å². The Morgan fingerprint density at radius 2 is 1.67 bits per heavy atom. The van der Waals surface area contributed by atoms with Crippen LogP contribution in [-0.2, 0) is 6.54 Å². The van der Waals surface area contributed by atoms with E-state index in [9.17, 15) is 18.8 Å². The molecule has 7 heteroatoms. The number of rotatable bonds is 7. The molecule has 4 rings (SSSR count). The molecule has 1 fully saturated rings. The SMILES string of the molecule is Cc1[nH]c(=O)n(CCCN2CCC(C(=O)c3ccc(F)cc3)CC2)c(=O)c1-c1ccccc1. The molecule has 0 bridgehead atoms. The first-order valence-electron chi connectivity index (χ1n) is 11.4. The maximum Gasteiger partial charge on any atom is 0.328 e. The molecule has 172 valence electrons. The normalized spacial score (nSPS) is 15.0. The van der Waals surface area contributed by atoms with E-state index in [0.29, 0.717) is 29.8 Å². The summed E-state index contributed by atoms with van der Waals surface area (Å²) in [4.78, 5) is 43.2. The third kappa shape index (κ3) is 5.20. The summed E-state index contributed by atoms with van der Waals surface area (Å²) in [6.45, 7) is 4.39. The molecule has 6 nitrogen and oxygen atoms in total. The lowest BCUT2D eigenvalue weighted by Crippen LogP contribution is -2.39. The van der Waals surface area contributed by atoms with Gasteiger partial charge in [-0.1, -0.05) is 30.3 Å². The molecular formula is C26H28FN3O3. The number of carbonyl (C=O) groups excluding carboxylic acids is 1. The van der Waals surface area contributed by atoms with Crippen LogP contribution in [-0.4, -0.2) is 39.9 Å². The second kappa shape index (κ2) is 10.1. The summed E-state index contributed by atoms with van der Waals surface area (Å²) in [6, 6.07) is 15.1. The Morgan fingerprint density at radius 3 is 2.33 bits per heavy atom. The molecule has 0 spiro atoms. The highest BCUT2D eigenvalue weighted by molar-refractivity contribution is 5.97. The number of benzene rings is 2. The maximum absolute atomic E-state index is 13.1. The minimum absolute atomic E-state index is 0.0531. The van der Waals surface area contributed by atoms with Crippen LogP contribution >= 0.6 is 0 Å². The van der Waals surface area contributed by atoms with E-state index < -0.39 is 0 Å². The third-order valence-corrected chi connectivity index (χ3v) is 6.38. The number of likely N-dealkylation sites (tertiary alicyclic amines) is 1. The number of H-pyrrole nitrogens is 1. The highest BCUT2D eigenvalue weighted by Gasteiger charge is 2.25. The van der Waals surface area contributed by atoms with E-state index >= 15 is 0 Å². The van der Waals surface area contributed by atoms with Gasteiger partial charge in [0.15, 0.2) is 5.78 Å². The lowest BCUT2D eigenvalue weighted by Gasteiger charge is -2.31. The van der Waals surface area contributed by atoms with E-state index in [0.717, 1.165) is 38.0 Å². The van der Waals surface area contributed by atoms with Gasteiger partial charge in [0, 0.05) is 23.7 Å². The number of piperidine rings is 1. The van der Waals surface area contributed by atoms with Crippen molar-refractivity contribution in [1.29, 1.82) is 0 Å². The van der Waals surface area contributed by atoms with Gasteiger partial charge in [0.05, 0.1) is 5.56 Å². The average molecular weight is 450 g/mol. The largest absolute Gasteiger partial charge is 0.328 e. The number of aromatic nitrogens is 2. The molecule has 0 atom stereocenters. The number of nitrogens with zero attached hydrogens (tertiary/aromatic N) is 2. The van der Waals surface area contributed by atoms with E-state index in [1.165, 1.54) is 16.7 Å². The summed E-state index contributed by atoms with van der Waals surface area (Å²) in [7, 11) is 0. The van der Waals surface area contributed by atoms with Crippen LogP contribution in [0.15, 0.2) is 64.2 Å². The van der Waals surface area contributed by atoms with Crippen LogP contribution in [0.1, 0.15) is 35.3 Å². The lowest BCUT2D eigenvalue weighted by atomic mass is 9.89. The number of hydrogen-bond donors (Lipinski definition) is 1. The van der Waals surface area contributed by atoms with Gasteiger partial charge in [-0.2, -0.15) is 0 Å². The average Bonchev–Trinajstić information content (AvgIpc) is 2.82. The number of halogens is 1. The van der Waals surface area contributed by atoms with Gasteiger partial charge >= 0.3 is 5.69 Å². The Balaban J connectivity index is 1.34. The third-order valence-electron chi connectivity index (χ3n) is 6.38. The number of aryl methyl sites for hydroxylation is 1. The highest BCUT2D eigenvalue weighted by atomic mass is 19.1. The molecule has 3 aromatic rings. The van der Waals surface area contributed by atoms with Gasteiger partial charge in [-0.25, -0.2) is 9.18 Å². The first kappa shape index (κ1) is 22.9. The molecule has 1 aliphatic rings. The van der Waals surface area contributed by atoms with Gasteiger partial charge in [0.25, 0.3) is 5.56 Å². The van der Waals surface area contributed by atoms with Crippen LogP contribution in [0.25, 0.3) is 11.1 Å². The fraction of sp³-hybridized carbons (Fsp3) is 0.346. The van der Waals surface area contributed by atoms with E-state index in [4.69, 9.17) is 0 Å². The van der Waals surface area contributed by atoms with E-state index in [-0.39, 0.29) is 28.8 Å². The predicted octanol–water partition coefficient (Wildman–Crippen LogP) is 3.64. The summed E-state index contributed by atoms with van der Waals surface area (Å²) in [5.74, 6) is -0.327. The monoisotopic (exact) mass is 449 g/mol. The van der Waals surface area contributed by atoms with Crippen LogP contribution in [0.5, 0.6) is 0 Å². The van der Waals surface area contributed by atoms with E-state index in [1.807, 2.05) is 30.3 Å². The summed E-state index contributed by atoms with van der Waals surface area (Å²) in [5, 5.41) is 0. The van der Waals surface area contributed by atoms with Gasteiger partial charge in [0.1, 0.15) is 5.82 Å². The van der Waals surface area contributed by atoms with Crippen LogP contribution < -0.4 is 11.2 Å². The zero-order valence-corrected chi connectivity index (χ0v) is 18.7. The molecule has 33 heavy (non-hydrogen) atoms. The van der Waals surface area contributed by atoms with E-state index in [1.54, 1.807) is 19.1 Å². The van der Waals surface area contributed by atoms with Crippen LogP contribution in [0.2, 0.25) is 0 Å². The Kier molecular flexibility index (Phi) is 6.99. The molecule has 2 heterocycles. The maximum atomic E-state index is 13.1. The summed E-state index contributed by atoms with van der Waals surface area (Å²) in [6.07, 6.45) is 2.16. The fourth-order valence-electron chi connectivity index (χ4n) is 4.55. The van der Waals surface area contributed by atoms with Crippen molar-refractivity contribution < 1.29 is 9.18 Å². The minimum Gasteiger partial charge on any atom is -0.311 e. The molecule has 1 aromatic heterocycles. The Morgan fingerprint density at radius 1 is 1.00 bits per heavy atom. The topological polar surface area (TPSA) is 75.2 Å². The molecule has 0 unspecified atom stereocenters. The zero-order chi connectivity index (χ0) is 23.4. The molecular weight excluding hydrogens is 421 g/mol. The van der Waals surface area contributed by atoms with Crippen LogP contribution in [0, 0.1) is 18.7 Å². The van der Waals surface area contributed by atoms with Crippen molar-refractivity contribution in [1.82, 2.24) is 14.5 Å². The van der Waals surface area contributed by atoms with Crippen LogP contribution in [0.4, 0.5) is 4.39 Å². The molecule has 1 N–H and O–H groups in total. The zero-order valence-electron chi connectivity index (χ0n) is 18.7. The van der Waals surface area contributed by atoms with Crippen molar-refractivity contribution >= 4 is 5.78 Å². The number of carbonyl (C=O) groups is 1. The first-order valence-corrected chi connectivity index (χ1v) is 11.4.